The minimum absolute atomic E-state index is 0.0625. The number of carbonyl (C=O) groups is 1. The number of hydrogen-bond donors (Lipinski definition) is 1. The van der Waals surface area contributed by atoms with Crippen LogP contribution < -0.4 is 5.32 Å². The van der Waals surface area contributed by atoms with Crippen LogP contribution in [-0.4, -0.2) is 20.5 Å². The fraction of sp³-hybridized carbons (Fsp3) is 0.300. The van der Waals surface area contributed by atoms with Crippen LogP contribution >= 0.6 is 15.9 Å². The smallest absolute Gasteiger partial charge is 0.228 e. The Labute approximate surface area is 100.0 Å². The number of anilines is 1. The molecular weight excluding hydrogens is 272 g/mol. The van der Waals surface area contributed by atoms with E-state index >= 15 is 0 Å². The van der Waals surface area contributed by atoms with E-state index in [-0.39, 0.29) is 11.8 Å². The number of nitrogens with zero attached hydrogens (tertiary/aromatic N) is 3. The van der Waals surface area contributed by atoms with E-state index in [0.717, 1.165) is 22.8 Å². The zero-order valence-corrected chi connectivity index (χ0v) is 9.94. The summed E-state index contributed by atoms with van der Waals surface area (Å²) in [4.78, 5) is 15.5. The van der Waals surface area contributed by atoms with Gasteiger partial charge < -0.3 is 5.32 Å². The molecule has 0 aliphatic heterocycles. The molecule has 0 unspecified atom stereocenters. The van der Waals surface area contributed by atoms with Crippen molar-refractivity contribution in [3.63, 3.8) is 0 Å². The summed E-state index contributed by atoms with van der Waals surface area (Å²) in [5, 5.41) is 7.02. The third-order valence-electron chi connectivity index (χ3n) is 2.54. The van der Waals surface area contributed by atoms with Crippen LogP contribution in [0.15, 0.2) is 23.1 Å². The predicted molar refractivity (Wildman–Crippen MR) is 62.0 cm³/mol. The Hall–Kier alpha value is -1.43. The molecule has 1 saturated carbocycles. The first-order valence-electron chi connectivity index (χ1n) is 5.04. The topological polar surface area (TPSA) is 59.3 Å². The molecule has 0 aromatic carbocycles. The lowest BCUT2D eigenvalue weighted by molar-refractivity contribution is -0.117. The molecule has 0 radical (unpaired) electrons. The zero-order valence-electron chi connectivity index (χ0n) is 8.35. The Bertz CT molecular complexity index is 561. The van der Waals surface area contributed by atoms with Crippen molar-refractivity contribution in [3.8, 4) is 0 Å². The molecule has 1 amide bonds. The van der Waals surface area contributed by atoms with Gasteiger partial charge in [0.2, 0.25) is 5.91 Å². The lowest BCUT2D eigenvalue weighted by Gasteiger charge is -1.97. The first kappa shape index (κ1) is 9.77. The highest BCUT2D eigenvalue weighted by Gasteiger charge is 2.30. The number of aromatic nitrogens is 3. The minimum Gasteiger partial charge on any atom is -0.309 e. The van der Waals surface area contributed by atoms with Crippen LogP contribution in [0.1, 0.15) is 12.8 Å². The molecule has 1 aliphatic carbocycles. The van der Waals surface area contributed by atoms with Crippen molar-refractivity contribution >= 4 is 33.2 Å². The summed E-state index contributed by atoms with van der Waals surface area (Å²) in [6.07, 6.45) is 5.28. The van der Waals surface area contributed by atoms with E-state index < -0.39 is 0 Å². The van der Waals surface area contributed by atoms with Crippen molar-refractivity contribution in [1.29, 1.82) is 0 Å². The maximum absolute atomic E-state index is 11.5. The van der Waals surface area contributed by atoms with E-state index in [1.54, 1.807) is 17.0 Å². The Kier molecular flexibility index (Phi) is 2.17. The SMILES string of the molecule is O=C(Nc1cc2c(Br)cncn2n1)C1CC1. The highest BCUT2D eigenvalue weighted by Crippen LogP contribution is 2.30. The normalized spacial score (nSPS) is 15.3. The van der Waals surface area contributed by atoms with Crippen molar-refractivity contribution in [1.82, 2.24) is 14.6 Å². The lowest BCUT2D eigenvalue weighted by Crippen LogP contribution is -2.13. The van der Waals surface area contributed by atoms with Crippen molar-refractivity contribution < 1.29 is 4.79 Å². The van der Waals surface area contributed by atoms with Gasteiger partial charge in [0.25, 0.3) is 0 Å². The predicted octanol–water partition coefficient (Wildman–Crippen LogP) is 1.84. The molecule has 1 aliphatic rings. The largest absolute Gasteiger partial charge is 0.309 e. The van der Waals surface area contributed by atoms with Crippen LogP contribution in [0.3, 0.4) is 0 Å². The summed E-state index contributed by atoms with van der Waals surface area (Å²) >= 11 is 3.38. The molecule has 1 fully saturated rings. The van der Waals surface area contributed by atoms with Crippen LogP contribution in [0.2, 0.25) is 0 Å². The molecule has 3 rings (SSSR count). The van der Waals surface area contributed by atoms with Crippen LogP contribution in [-0.2, 0) is 4.79 Å². The summed E-state index contributed by atoms with van der Waals surface area (Å²) < 4.78 is 2.49. The summed E-state index contributed by atoms with van der Waals surface area (Å²) in [5.74, 6) is 0.824. The number of fused-ring (bicyclic) bond motifs is 1. The van der Waals surface area contributed by atoms with Gasteiger partial charge in [0.05, 0.1) is 9.99 Å². The highest BCUT2D eigenvalue weighted by atomic mass is 79.9. The van der Waals surface area contributed by atoms with E-state index in [1.807, 2.05) is 6.07 Å². The molecule has 2 aromatic rings. The standard InChI is InChI=1S/C10H9BrN4O/c11-7-4-12-5-15-8(7)3-9(14-15)13-10(16)6-1-2-6/h3-6H,1-2H2,(H,13,14,16). The number of halogens is 1. The lowest BCUT2D eigenvalue weighted by atomic mass is 10.4. The molecule has 0 spiro atoms. The monoisotopic (exact) mass is 280 g/mol. The molecule has 82 valence electrons. The van der Waals surface area contributed by atoms with E-state index in [0.29, 0.717) is 5.82 Å². The second-order valence-electron chi connectivity index (χ2n) is 3.86. The summed E-state index contributed by atoms with van der Waals surface area (Å²) in [5.41, 5.74) is 0.890. The number of carbonyl (C=O) groups excluding carboxylic acids is 1. The average Bonchev–Trinajstić information content (AvgIpc) is 3.01. The van der Waals surface area contributed by atoms with Gasteiger partial charge in [0.1, 0.15) is 6.33 Å². The number of amides is 1. The van der Waals surface area contributed by atoms with E-state index in [9.17, 15) is 4.79 Å². The highest BCUT2D eigenvalue weighted by molar-refractivity contribution is 9.10. The molecule has 2 heterocycles. The van der Waals surface area contributed by atoms with Crippen molar-refractivity contribution in [2.45, 2.75) is 12.8 Å². The fourth-order valence-corrected chi connectivity index (χ4v) is 1.94. The Morgan fingerprint density at radius 3 is 3.06 bits per heavy atom. The van der Waals surface area contributed by atoms with E-state index in [4.69, 9.17) is 0 Å². The van der Waals surface area contributed by atoms with E-state index in [1.165, 1.54) is 0 Å². The van der Waals surface area contributed by atoms with Gasteiger partial charge in [-0.25, -0.2) is 9.50 Å². The second kappa shape index (κ2) is 3.55. The summed E-state index contributed by atoms with van der Waals surface area (Å²) in [7, 11) is 0. The molecule has 0 saturated heterocycles. The van der Waals surface area contributed by atoms with Gasteiger partial charge in [-0.05, 0) is 28.8 Å². The first-order valence-corrected chi connectivity index (χ1v) is 5.83. The number of nitrogens with one attached hydrogen (secondary N) is 1. The first-order chi connectivity index (χ1) is 7.74. The average molecular weight is 281 g/mol. The van der Waals surface area contributed by atoms with Crippen molar-refractivity contribution in [2.75, 3.05) is 5.32 Å². The molecule has 0 atom stereocenters. The quantitative estimate of drug-likeness (QED) is 0.913. The van der Waals surface area contributed by atoms with Gasteiger partial charge in [0.15, 0.2) is 5.82 Å². The molecule has 6 heteroatoms. The van der Waals surface area contributed by atoms with Gasteiger partial charge in [-0.3, -0.25) is 4.79 Å². The fourth-order valence-electron chi connectivity index (χ4n) is 1.52. The molecule has 16 heavy (non-hydrogen) atoms. The Balaban J connectivity index is 1.92. The minimum atomic E-state index is 0.0625. The molecule has 1 N–H and O–H groups in total. The van der Waals surface area contributed by atoms with Gasteiger partial charge in [-0.1, -0.05) is 0 Å². The van der Waals surface area contributed by atoms with E-state index in [2.05, 4.69) is 31.3 Å². The van der Waals surface area contributed by atoms with Gasteiger partial charge >= 0.3 is 0 Å². The van der Waals surface area contributed by atoms with Gasteiger partial charge in [-0.15, -0.1) is 5.10 Å². The number of hydrogen-bond acceptors (Lipinski definition) is 3. The van der Waals surface area contributed by atoms with Crippen molar-refractivity contribution in [2.24, 2.45) is 5.92 Å². The van der Waals surface area contributed by atoms with Crippen LogP contribution in [0.4, 0.5) is 5.82 Å². The zero-order chi connectivity index (χ0) is 11.1. The summed E-state index contributed by atoms with van der Waals surface area (Å²) in [6, 6.07) is 1.83. The molecule has 0 bridgehead atoms. The van der Waals surface area contributed by atoms with Crippen LogP contribution in [0.25, 0.3) is 5.52 Å². The molecule has 5 nitrogen and oxygen atoms in total. The van der Waals surface area contributed by atoms with Gasteiger partial charge in [-0.2, -0.15) is 0 Å². The Morgan fingerprint density at radius 2 is 2.38 bits per heavy atom. The maximum Gasteiger partial charge on any atom is 0.228 e. The van der Waals surface area contributed by atoms with Crippen LogP contribution in [0.5, 0.6) is 0 Å². The number of rotatable bonds is 2. The Morgan fingerprint density at radius 1 is 1.56 bits per heavy atom. The van der Waals surface area contributed by atoms with Crippen molar-refractivity contribution in [3.05, 3.63) is 23.1 Å². The summed E-state index contributed by atoms with van der Waals surface area (Å²) in [6.45, 7) is 0. The molecular formula is C10H9BrN4O. The molecule has 2 aromatic heterocycles. The van der Waals surface area contributed by atoms with Gasteiger partial charge in [0, 0.05) is 18.2 Å². The maximum atomic E-state index is 11.5. The second-order valence-corrected chi connectivity index (χ2v) is 4.72. The van der Waals surface area contributed by atoms with Crippen LogP contribution in [0, 0.1) is 5.92 Å². The third-order valence-corrected chi connectivity index (χ3v) is 3.15. The third kappa shape index (κ3) is 1.69.